The van der Waals surface area contributed by atoms with Gasteiger partial charge in [-0.1, -0.05) is 0 Å². The van der Waals surface area contributed by atoms with E-state index in [2.05, 4.69) is 5.32 Å². The first kappa shape index (κ1) is 16.2. The molecule has 1 aromatic rings. The second kappa shape index (κ2) is 7.17. The quantitative estimate of drug-likeness (QED) is 0.871. The van der Waals surface area contributed by atoms with Crippen molar-refractivity contribution in [3.63, 3.8) is 0 Å². The lowest BCUT2D eigenvalue weighted by atomic mass is 10.0. The highest BCUT2D eigenvalue weighted by molar-refractivity contribution is 7.98. The number of hydrogen-bond acceptors (Lipinski definition) is 4. The Labute approximate surface area is 132 Å². The van der Waals surface area contributed by atoms with E-state index in [1.165, 1.54) is 10.4 Å². The maximum atomic E-state index is 12.4. The summed E-state index contributed by atoms with van der Waals surface area (Å²) in [6, 6.07) is 0.941. The van der Waals surface area contributed by atoms with Gasteiger partial charge in [0.2, 0.25) is 0 Å². The van der Waals surface area contributed by atoms with Crippen LogP contribution in [0.4, 0.5) is 4.79 Å². The monoisotopic (exact) mass is 328 g/mol. The molecule has 2 rings (SSSR count). The molecule has 0 fully saturated rings. The fourth-order valence-electron chi connectivity index (χ4n) is 2.51. The predicted molar refractivity (Wildman–Crippen MR) is 86.1 cm³/mol. The van der Waals surface area contributed by atoms with Crippen molar-refractivity contribution in [2.45, 2.75) is 31.8 Å². The maximum Gasteiger partial charge on any atom is 0.326 e. The molecule has 2 heterocycles. The molecule has 0 spiro atoms. The van der Waals surface area contributed by atoms with Gasteiger partial charge in [-0.15, -0.1) is 11.3 Å². The summed E-state index contributed by atoms with van der Waals surface area (Å²) in [6.07, 6.45) is 3.20. The van der Waals surface area contributed by atoms with Gasteiger partial charge in [-0.05, 0) is 48.8 Å². The molecule has 1 aromatic heterocycles. The Hall–Kier alpha value is -1.21. The van der Waals surface area contributed by atoms with E-state index in [1.807, 2.05) is 24.6 Å². The zero-order chi connectivity index (χ0) is 15.4. The largest absolute Gasteiger partial charge is 0.480 e. The van der Waals surface area contributed by atoms with Gasteiger partial charge in [-0.2, -0.15) is 11.8 Å². The van der Waals surface area contributed by atoms with Crippen molar-refractivity contribution in [3.05, 3.63) is 21.9 Å². The van der Waals surface area contributed by atoms with Crippen molar-refractivity contribution in [2.75, 3.05) is 18.6 Å². The van der Waals surface area contributed by atoms with Crippen LogP contribution >= 0.6 is 23.1 Å². The number of rotatable bonds is 5. The highest BCUT2D eigenvalue weighted by Crippen LogP contribution is 2.32. The molecule has 2 amide bonds. The number of fused-ring (bicyclic) bond motifs is 1. The molecule has 1 unspecified atom stereocenters. The summed E-state index contributed by atoms with van der Waals surface area (Å²) in [6.45, 7) is 2.62. The lowest BCUT2D eigenvalue weighted by Crippen LogP contribution is -2.50. The normalized spacial score (nSPS) is 19.0. The Morgan fingerprint density at radius 3 is 3.05 bits per heavy atom. The molecule has 116 valence electrons. The minimum absolute atomic E-state index is 0.00463. The number of carboxylic acid groups (broad SMARTS) is 1. The Kier molecular flexibility index (Phi) is 5.52. The fraction of sp³-hybridized carbons (Fsp3) is 0.571. The zero-order valence-corrected chi connectivity index (χ0v) is 13.8. The first-order valence-electron chi connectivity index (χ1n) is 6.89. The van der Waals surface area contributed by atoms with Gasteiger partial charge >= 0.3 is 12.0 Å². The molecule has 1 aliphatic rings. The SMILES string of the molecule is CSCC[C@H](NC(=O)N1CCc2sccc2C1C)C(=O)O. The van der Waals surface area contributed by atoms with E-state index >= 15 is 0 Å². The molecule has 2 atom stereocenters. The molecule has 0 aromatic carbocycles. The van der Waals surface area contributed by atoms with E-state index < -0.39 is 12.0 Å². The molecule has 0 bridgehead atoms. The van der Waals surface area contributed by atoms with Gasteiger partial charge in [0.15, 0.2) is 0 Å². The Morgan fingerprint density at radius 2 is 2.38 bits per heavy atom. The smallest absolute Gasteiger partial charge is 0.326 e. The van der Waals surface area contributed by atoms with E-state index in [0.29, 0.717) is 18.7 Å². The molecule has 0 saturated carbocycles. The highest BCUT2D eigenvalue weighted by Gasteiger charge is 2.30. The van der Waals surface area contributed by atoms with Crippen LogP contribution in [-0.2, 0) is 11.2 Å². The van der Waals surface area contributed by atoms with Crippen LogP contribution in [0.3, 0.4) is 0 Å². The van der Waals surface area contributed by atoms with Crippen LogP contribution in [0, 0.1) is 0 Å². The molecule has 0 radical (unpaired) electrons. The summed E-state index contributed by atoms with van der Waals surface area (Å²) >= 11 is 3.29. The Morgan fingerprint density at radius 1 is 1.62 bits per heavy atom. The van der Waals surface area contributed by atoms with Crippen LogP contribution in [0.15, 0.2) is 11.4 Å². The van der Waals surface area contributed by atoms with Crippen LogP contribution in [0.5, 0.6) is 0 Å². The molecule has 1 aliphatic heterocycles. The number of thioether (sulfide) groups is 1. The highest BCUT2D eigenvalue weighted by atomic mass is 32.2. The first-order valence-corrected chi connectivity index (χ1v) is 9.17. The number of nitrogens with zero attached hydrogens (tertiary/aromatic N) is 1. The number of carbonyl (C=O) groups excluding carboxylic acids is 1. The lowest BCUT2D eigenvalue weighted by Gasteiger charge is -2.34. The first-order chi connectivity index (χ1) is 10.0. The molecular formula is C14H20N2O3S2. The van der Waals surface area contributed by atoms with Crippen molar-refractivity contribution >= 4 is 35.1 Å². The van der Waals surface area contributed by atoms with E-state index in [1.54, 1.807) is 28.0 Å². The van der Waals surface area contributed by atoms with Gasteiger partial charge in [-0.3, -0.25) is 0 Å². The summed E-state index contributed by atoms with van der Waals surface area (Å²) in [4.78, 5) is 26.6. The summed E-state index contributed by atoms with van der Waals surface area (Å²) in [5.74, 6) is -0.264. The number of carboxylic acids is 1. The predicted octanol–water partition coefficient (Wildman–Crippen LogP) is 2.58. The van der Waals surface area contributed by atoms with Crippen LogP contribution in [0.2, 0.25) is 0 Å². The van der Waals surface area contributed by atoms with Crippen LogP contribution in [0.1, 0.15) is 29.8 Å². The standard InChI is InChI=1S/C14H20N2O3S2/c1-9-10-4-8-21-12(10)3-6-16(9)14(19)15-11(13(17)18)5-7-20-2/h4,8-9,11H,3,5-7H2,1-2H3,(H,15,19)(H,17,18)/t9?,11-/m0/s1. The Bertz CT molecular complexity index is 518. The summed E-state index contributed by atoms with van der Waals surface area (Å²) in [7, 11) is 0. The van der Waals surface area contributed by atoms with Crippen molar-refractivity contribution in [1.29, 1.82) is 0 Å². The van der Waals surface area contributed by atoms with Crippen molar-refractivity contribution in [3.8, 4) is 0 Å². The fourth-order valence-corrected chi connectivity index (χ4v) is 3.95. The lowest BCUT2D eigenvalue weighted by molar-refractivity contribution is -0.139. The van der Waals surface area contributed by atoms with Gasteiger partial charge in [0, 0.05) is 11.4 Å². The zero-order valence-electron chi connectivity index (χ0n) is 12.2. The minimum atomic E-state index is -0.974. The second-order valence-corrected chi connectivity index (χ2v) is 7.03. The minimum Gasteiger partial charge on any atom is -0.480 e. The number of carbonyl (C=O) groups is 2. The van der Waals surface area contributed by atoms with Gasteiger partial charge < -0.3 is 15.3 Å². The van der Waals surface area contributed by atoms with Gasteiger partial charge in [0.25, 0.3) is 0 Å². The summed E-state index contributed by atoms with van der Waals surface area (Å²) in [5, 5.41) is 13.9. The number of hydrogen-bond donors (Lipinski definition) is 2. The number of aliphatic carboxylic acids is 1. The molecule has 21 heavy (non-hydrogen) atoms. The van der Waals surface area contributed by atoms with Crippen molar-refractivity contribution < 1.29 is 14.7 Å². The van der Waals surface area contributed by atoms with Crippen LogP contribution in [-0.4, -0.2) is 46.6 Å². The van der Waals surface area contributed by atoms with Gasteiger partial charge in [0.05, 0.1) is 6.04 Å². The van der Waals surface area contributed by atoms with Crippen LogP contribution < -0.4 is 5.32 Å². The van der Waals surface area contributed by atoms with Crippen molar-refractivity contribution in [1.82, 2.24) is 10.2 Å². The number of nitrogens with one attached hydrogen (secondary N) is 1. The number of thiophene rings is 1. The third kappa shape index (κ3) is 3.71. The van der Waals surface area contributed by atoms with Gasteiger partial charge in [0.1, 0.15) is 6.04 Å². The molecule has 5 nitrogen and oxygen atoms in total. The second-order valence-electron chi connectivity index (χ2n) is 5.04. The van der Waals surface area contributed by atoms with E-state index in [4.69, 9.17) is 0 Å². The molecule has 7 heteroatoms. The Balaban J connectivity index is 2.01. The summed E-state index contributed by atoms with van der Waals surface area (Å²) in [5.41, 5.74) is 1.18. The third-order valence-corrected chi connectivity index (χ3v) is 5.39. The van der Waals surface area contributed by atoms with E-state index in [-0.39, 0.29) is 12.1 Å². The van der Waals surface area contributed by atoms with Crippen molar-refractivity contribution in [2.24, 2.45) is 0 Å². The molecule has 0 aliphatic carbocycles. The number of amides is 2. The average molecular weight is 328 g/mol. The third-order valence-electron chi connectivity index (χ3n) is 3.74. The topological polar surface area (TPSA) is 69.6 Å². The summed E-state index contributed by atoms with van der Waals surface area (Å²) < 4.78 is 0. The van der Waals surface area contributed by atoms with E-state index in [9.17, 15) is 14.7 Å². The maximum absolute atomic E-state index is 12.4. The molecule has 2 N–H and O–H groups in total. The average Bonchev–Trinajstić information content (AvgIpc) is 2.92. The van der Waals surface area contributed by atoms with E-state index in [0.717, 1.165) is 6.42 Å². The van der Waals surface area contributed by atoms with Crippen LogP contribution in [0.25, 0.3) is 0 Å². The molecular weight excluding hydrogens is 308 g/mol. The van der Waals surface area contributed by atoms with Gasteiger partial charge in [-0.25, -0.2) is 9.59 Å². The number of urea groups is 1. The molecule has 0 saturated heterocycles.